The number of amides is 7. The first-order valence-electron chi connectivity index (χ1n) is 22.1. The van der Waals surface area contributed by atoms with Gasteiger partial charge in [0.05, 0.1) is 6.04 Å². The number of nitrogens with one attached hydrogen (secondary N) is 6. The maximum Gasteiger partial charge on any atom is 0.326 e. The Balaban J connectivity index is 2.27. The maximum absolute atomic E-state index is 14.0. The number of hydrogen-bond donors (Lipinski definition) is 9. The predicted octanol–water partition coefficient (Wildman–Crippen LogP) is 1.02. The summed E-state index contributed by atoms with van der Waals surface area (Å²) in [6.07, 6.45) is 4.74. The third kappa shape index (κ3) is 19.2. The summed E-state index contributed by atoms with van der Waals surface area (Å²) in [5, 5.41) is 34.9. The van der Waals surface area contributed by atoms with Crippen molar-refractivity contribution in [2.24, 2.45) is 17.6 Å². The molecular formula is C44H70N8O11S2. The van der Waals surface area contributed by atoms with Crippen molar-refractivity contribution < 1.29 is 53.4 Å². The molecule has 19 nitrogen and oxygen atoms in total. The van der Waals surface area contributed by atoms with Crippen LogP contribution in [-0.4, -0.2) is 147 Å². The first kappa shape index (κ1) is 56.2. The van der Waals surface area contributed by atoms with Crippen LogP contribution in [0.25, 0.3) is 0 Å². The smallest absolute Gasteiger partial charge is 0.326 e. The molecule has 9 atom stereocenters. The highest BCUT2D eigenvalue weighted by molar-refractivity contribution is 7.98. The van der Waals surface area contributed by atoms with Gasteiger partial charge < -0.3 is 52.7 Å². The number of carbonyl (C=O) groups is 9. The predicted molar refractivity (Wildman–Crippen MR) is 250 cm³/mol. The topological polar surface area (TPSA) is 296 Å². The molecule has 0 bridgehead atoms. The molecule has 0 unspecified atom stereocenters. The van der Waals surface area contributed by atoms with Gasteiger partial charge in [-0.05, 0) is 86.9 Å². The molecular weight excluding hydrogens is 881 g/mol. The number of carboxylic acids is 2. The Hall–Kier alpha value is -4.89. The summed E-state index contributed by atoms with van der Waals surface area (Å²) in [5.74, 6) is -6.76. The molecule has 1 saturated heterocycles. The summed E-state index contributed by atoms with van der Waals surface area (Å²) in [4.78, 5) is 121. The van der Waals surface area contributed by atoms with Crippen molar-refractivity contribution in [2.75, 3.05) is 30.6 Å². The first-order valence-corrected chi connectivity index (χ1v) is 24.9. The second-order valence-electron chi connectivity index (χ2n) is 16.8. The van der Waals surface area contributed by atoms with Crippen molar-refractivity contribution in [2.45, 2.75) is 141 Å². The lowest BCUT2D eigenvalue weighted by atomic mass is 9.97. The Kier molecular flexibility index (Phi) is 25.0. The van der Waals surface area contributed by atoms with Gasteiger partial charge in [0.15, 0.2) is 0 Å². The van der Waals surface area contributed by atoms with E-state index in [0.29, 0.717) is 37.2 Å². The van der Waals surface area contributed by atoms with E-state index in [9.17, 15) is 53.4 Å². The molecule has 1 fully saturated rings. The number of rotatable bonds is 29. The molecule has 0 spiro atoms. The second-order valence-corrected chi connectivity index (χ2v) is 18.8. The van der Waals surface area contributed by atoms with Gasteiger partial charge in [-0.3, -0.25) is 38.4 Å². The molecule has 1 aromatic carbocycles. The van der Waals surface area contributed by atoms with E-state index >= 15 is 0 Å². The van der Waals surface area contributed by atoms with Crippen LogP contribution in [-0.2, 0) is 49.6 Å². The highest BCUT2D eigenvalue weighted by Gasteiger charge is 2.41. The van der Waals surface area contributed by atoms with Crippen LogP contribution in [0, 0.1) is 11.8 Å². The molecule has 1 aliphatic rings. The lowest BCUT2D eigenvalue weighted by Crippen LogP contribution is -2.60. The number of carbonyl (C=O) groups excluding carboxylic acids is 7. The molecule has 1 aliphatic heterocycles. The minimum absolute atomic E-state index is 0.0798. The molecule has 7 amide bonds. The number of thioether (sulfide) groups is 2. The van der Waals surface area contributed by atoms with E-state index in [4.69, 9.17) is 5.73 Å². The Morgan fingerprint density at radius 1 is 0.723 bits per heavy atom. The highest BCUT2D eigenvalue weighted by Crippen LogP contribution is 2.22. The second kappa shape index (κ2) is 28.9. The summed E-state index contributed by atoms with van der Waals surface area (Å²) < 4.78 is 0. The summed E-state index contributed by atoms with van der Waals surface area (Å²) in [6.45, 7) is 8.73. The van der Waals surface area contributed by atoms with Crippen molar-refractivity contribution in [3.63, 3.8) is 0 Å². The SMILES string of the molecule is CC[C@H](C)[C@H](NC(=O)[C@H](C)NC(=O)[C@H](CCC(=O)O)NC(=O)[C@H](CC(C)C)NC(=O)[C@H](Cc1ccccc1)NC(=O)[C@@H](N)CCSC)C(=O)N1CCC[C@H]1C(=O)N[C@@H](CCSC)C(=O)O. The number of likely N-dealkylation sites (tertiary alicyclic amines) is 1. The van der Waals surface area contributed by atoms with Crippen LogP contribution in [0.2, 0.25) is 0 Å². The molecule has 0 aliphatic carbocycles. The van der Waals surface area contributed by atoms with Crippen molar-refractivity contribution in [3.8, 4) is 0 Å². The molecule has 364 valence electrons. The number of aliphatic carboxylic acids is 2. The van der Waals surface area contributed by atoms with E-state index in [1.807, 2.05) is 33.3 Å². The fourth-order valence-corrected chi connectivity index (χ4v) is 8.04. The van der Waals surface area contributed by atoms with Crippen LogP contribution < -0.4 is 37.6 Å². The van der Waals surface area contributed by atoms with Gasteiger partial charge in [0.1, 0.15) is 42.3 Å². The minimum Gasteiger partial charge on any atom is -0.481 e. The molecule has 0 aromatic heterocycles. The standard InChI is InChI=1S/C44H70N8O11S2/c1-8-26(4)36(43(61)52-20-12-15-34(52)42(60)48-31(44(62)63)19-22-65-7)51-37(55)27(5)46-39(57)30(16-17-35(53)54)47-40(58)32(23-25(2)3)50-41(59)33(24-28-13-10-9-11-14-28)49-38(56)29(45)18-21-64-6/h9-11,13-14,25-27,29-34,36H,8,12,15-24,45H2,1-7H3,(H,46,57)(H,47,58)(H,48,60)(H,49,56)(H,50,59)(H,51,55)(H,53,54)(H,62,63)/t26-,27-,29-,30-,31-,32-,33-,34-,36-/m0/s1. The lowest BCUT2D eigenvalue weighted by Gasteiger charge is -2.32. The average Bonchev–Trinajstić information content (AvgIpc) is 3.76. The van der Waals surface area contributed by atoms with E-state index in [1.54, 1.807) is 37.3 Å². The Bertz CT molecular complexity index is 1770. The van der Waals surface area contributed by atoms with E-state index in [2.05, 4.69) is 31.9 Å². The van der Waals surface area contributed by atoms with Crippen LogP contribution in [0.1, 0.15) is 91.5 Å². The number of carboxylic acid groups (broad SMARTS) is 2. The van der Waals surface area contributed by atoms with Crippen LogP contribution in [0.4, 0.5) is 0 Å². The van der Waals surface area contributed by atoms with Gasteiger partial charge in [0.2, 0.25) is 41.4 Å². The normalized spacial score (nSPS) is 17.2. The minimum atomic E-state index is -1.48. The van der Waals surface area contributed by atoms with Gasteiger partial charge in [0.25, 0.3) is 0 Å². The van der Waals surface area contributed by atoms with Crippen molar-refractivity contribution >= 4 is 76.8 Å². The van der Waals surface area contributed by atoms with Gasteiger partial charge in [-0.15, -0.1) is 0 Å². The third-order valence-corrected chi connectivity index (χ3v) is 12.4. The summed E-state index contributed by atoms with van der Waals surface area (Å²) in [5.41, 5.74) is 6.83. The molecule has 10 N–H and O–H groups in total. The number of nitrogens with two attached hydrogens (primary N) is 1. The van der Waals surface area contributed by atoms with Crippen molar-refractivity contribution in [1.29, 1.82) is 0 Å². The summed E-state index contributed by atoms with van der Waals surface area (Å²) in [6, 6.07) is -0.300. The zero-order valence-electron chi connectivity index (χ0n) is 38.6. The third-order valence-electron chi connectivity index (χ3n) is 11.1. The van der Waals surface area contributed by atoms with Gasteiger partial charge >= 0.3 is 11.9 Å². The molecule has 21 heteroatoms. The molecule has 1 heterocycles. The Labute approximate surface area is 390 Å². The van der Waals surface area contributed by atoms with E-state index < -0.39 is 114 Å². The van der Waals surface area contributed by atoms with E-state index in [1.165, 1.54) is 35.3 Å². The van der Waals surface area contributed by atoms with Gasteiger partial charge in [-0.25, -0.2) is 4.79 Å². The zero-order valence-corrected chi connectivity index (χ0v) is 40.2. The zero-order chi connectivity index (χ0) is 48.8. The Morgan fingerprint density at radius 2 is 1.31 bits per heavy atom. The fourth-order valence-electron chi connectivity index (χ4n) is 7.08. The number of benzene rings is 1. The largest absolute Gasteiger partial charge is 0.481 e. The average molecular weight is 951 g/mol. The number of hydrogen-bond acceptors (Lipinski definition) is 12. The van der Waals surface area contributed by atoms with Crippen LogP contribution in [0.5, 0.6) is 0 Å². The Morgan fingerprint density at radius 3 is 1.89 bits per heavy atom. The van der Waals surface area contributed by atoms with E-state index in [-0.39, 0.29) is 38.1 Å². The molecule has 0 radical (unpaired) electrons. The van der Waals surface area contributed by atoms with Gasteiger partial charge in [-0.2, -0.15) is 23.5 Å². The first-order chi connectivity index (χ1) is 30.7. The molecule has 0 saturated carbocycles. The molecule has 2 rings (SSSR count). The molecule has 65 heavy (non-hydrogen) atoms. The maximum atomic E-state index is 14.0. The monoisotopic (exact) mass is 950 g/mol. The van der Waals surface area contributed by atoms with Gasteiger partial charge in [-0.1, -0.05) is 64.4 Å². The fraction of sp³-hybridized carbons (Fsp3) is 0.659. The lowest BCUT2D eigenvalue weighted by molar-refractivity contribution is -0.145. The quantitative estimate of drug-likeness (QED) is 0.0542. The van der Waals surface area contributed by atoms with Crippen molar-refractivity contribution in [1.82, 2.24) is 36.8 Å². The summed E-state index contributed by atoms with van der Waals surface area (Å²) in [7, 11) is 0. The summed E-state index contributed by atoms with van der Waals surface area (Å²) >= 11 is 2.95. The van der Waals surface area contributed by atoms with Crippen LogP contribution in [0.3, 0.4) is 0 Å². The number of nitrogens with zero attached hydrogens (tertiary/aromatic N) is 1. The van der Waals surface area contributed by atoms with Gasteiger partial charge in [0, 0.05) is 19.4 Å². The van der Waals surface area contributed by atoms with Crippen LogP contribution >= 0.6 is 23.5 Å². The molecule has 1 aromatic rings. The van der Waals surface area contributed by atoms with Crippen LogP contribution in [0.15, 0.2) is 30.3 Å². The van der Waals surface area contributed by atoms with E-state index in [0.717, 1.165) is 5.56 Å². The van der Waals surface area contributed by atoms with Crippen molar-refractivity contribution in [3.05, 3.63) is 35.9 Å². The highest BCUT2D eigenvalue weighted by atomic mass is 32.2.